The molecule has 1 aromatic rings. The summed E-state index contributed by atoms with van der Waals surface area (Å²) in [6.45, 7) is 7.86. The van der Waals surface area contributed by atoms with Gasteiger partial charge in [-0.3, -0.25) is 0 Å². The van der Waals surface area contributed by atoms with Gasteiger partial charge >= 0.3 is 0 Å². The Balaban J connectivity index is 2.66. The highest BCUT2D eigenvalue weighted by atomic mass is 16.3. The quantitative estimate of drug-likeness (QED) is 0.585. The maximum atomic E-state index is 8.97. The van der Waals surface area contributed by atoms with Gasteiger partial charge < -0.3 is 21.5 Å². The number of aliphatic hydroxyl groups is 1. The van der Waals surface area contributed by atoms with Crippen molar-refractivity contribution >= 4 is 17.6 Å². The van der Waals surface area contributed by atoms with E-state index < -0.39 is 0 Å². The van der Waals surface area contributed by atoms with E-state index in [4.69, 9.17) is 10.8 Å². The zero-order chi connectivity index (χ0) is 13.6. The molecule has 6 nitrogen and oxygen atoms in total. The van der Waals surface area contributed by atoms with Crippen molar-refractivity contribution in [3.05, 3.63) is 6.07 Å². The molecule has 0 saturated carbocycles. The molecule has 0 unspecified atom stereocenters. The summed E-state index contributed by atoms with van der Waals surface area (Å²) in [5, 5.41) is 15.3. The third kappa shape index (κ3) is 4.75. The number of aliphatic hydroxyl groups excluding tert-OH is 1. The van der Waals surface area contributed by atoms with Crippen LogP contribution in [0.15, 0.2) is 6.07 Å². The van der Waals surface area contributed by atoms with Gasteiger partial charge in [0.2, 0.25) is 5.95 Å². The van der Waals surface area contributed by atoms with E-state index in [-0.39, 0.29) is 18.0 Å². The van der Waals surface area contributed by atoms with Gasteiger partial charge in [0.25, 0.3) is 0 Å². The summed E-state index contributed by atoms with van der Waals surface area (Å²) in [6, 6.07) is 1.83. The van der Waals surface area contributed by atoms with Crippen LogP contribution >= 0.6 is 0 Å². The molecular weight excluding hydrogens is 230 g/mol. The van der Waals surface area contributed by atoms with Crippen LogP contribution in [0.3, 0.4) is 0 Å². The van der Waals surface area contributed by atoms with Crippen molar-refractivity contribution in [3.63, 3.8) is 0 Å². The molecule has 0 aliphatic heterocycles. The highest BCUT2D eigenvalue weighted by Crippen LogP contribution is 2.21. The molecule has 1 aromatic heterocycles. The molecule has 0 bridgehead atoms. The van der Waals surface area contributed by atoms with Gasteiger partial charge in [0, 0.05) is 25.8 Å². The predicted octanol–water partition coefficient (Wildman–Crippen LogP) is 1.31. The van der Waals surface area contributed by atoms with Crippen molar-refractivity contribution in [2.75, 3.05) is 36.1 Å². The largest absolute Gasteiger partial charge is 0.396 e. The van der Waals surface area contributed by atoms with Gasteiger partial charge in [-0.15, -0.1) is 0 Å². The average molecular weight is 253 g/mol. The highest BCUT2D eigenvalue weighted by molar-refractivity contribution is 5.50. The number of hydrogen-bond acceptors (Lipinski definition) is 6. The lowest BCUT2D eigenvalue weighted by atomic mass is 9.90. The van der Waals surface area contributed by atoms with Crippen LogP contribution in [-0.4, -0.2) is 34.8 Å². The van der Waals surface area contributed by atoms with Crippen molar-refractivity contribution in [1.29, 1.82) is 0 Å². The second-order valence-corrected chi connectivity index (χ2v) is 5.02. The number of nitrogen functional groups attached to an aromatic ring is 1. The molecule has 0 aromatic carbocycles. The van der Waals surface area contributed by atoms with E-state index in [1.165, 1.54) is 0 Å². The fourth-order valence-corrected chi connectivity index (χ4v) is 1.55. The standard InChI is InChI=1S/C12H23N5O/c1-4-14-9-7-10(17-11(13)16-9)15-8-12(2,3)5-6-18/h7,18H,4-6,8H2,1-3H3,(H4,13,14,15,16,17). The maximum absolute atomic E-state index is 8.97. The molecule has 0 atom stereocenters. The zero-order valence-corrected chi connectivity index (χ0v) is 11.3. The molecule has 1 heterocycles. The molecule has 0 aliphatic carbocycles. The van der Waals surface area contributed by atoms with Crippen LogP contribution in [0.2, 0.25) is 0 Å². The van der Waals surface area contributed by atoms with E-state index in [0.717, 1.165) is 19.5 Å². The fourth-order valence-electron chi connectivity index (χ4n) is 1.55. The second-order valence-electron chi connectivity index (χ2n) is 5.02. The third-order valence-corrected chi connectivity index (χ3v) is 2.64. The van der Waals surface area contributed by atoms with Crippen LogP contribution in [-0.2, 0) is 0 Å². The molecule has 1 rings (SSSR count). The van der Waals surface area contributed by atoms with Crippen molar-refractivity contribution in [2.24, 2.45) is 5.41 Å². The van der Waals surface area contributed by atoms with Gasteiger partial charge in [0.1, 0.15) is 11.6 Å². The first-order valence-corrected chi connectivity index (χ1v) is 6.20. The lowest BCUT2D eigenvalue weighted by Gasteiger charge is -2.24. The van der Waals surface area contributed by atoms with Gasteiger partial charge in [-0.2, -0.15) is 9.97 Å². The molecule has 0 radical (unpaired) electrons. The number of nitrogens with two attached hydrogens (primary N) is 1. The smallest absolute Gasteiger partial charge is 0.223 e. The molecule has 6 heteroatoms. The monoisotopic (exact) mass is 253 g/mol. The highest BCUT2D eigenvalue weighted by Gasteiger charge is 2.17. The number of nitrogens with zero attached hydrogens (tertiary/aromatic N) is 2. The summed E-state index contributed by atoms with van der Waals surface area (Å²) in [7, 11) is 0. The molecular formula is C12H23N5O. The normalized spacial score (nSPS) is 11.3. The third-order valence-electron chi connectivity index (χ3n) is 2.64. The van der Waals surface area contributed by atoms with Gasteiger partial charge in [0.05, 0.1) is 0 Å². The minimum atomic E-state index is 0.00676. The first kappa shape index (κ1) is 14.5. The minimum absolute atomic E-state index is 0.00676. The van der Waals surface area contributed by atoms with E-state index in [1.54, 1.807) is 0 Å². The molecule has 18 heavy (non-hydrogen) atoms. The Bertz CT molecular complexity index is 381. The lowest BCUT2D eigenvalue weighted by Crippen LogP contribution is -2.24. The maximum Gasteiger partial charge on any atom is 0.223 e. The van der Waals surface area contributed by atoms with Crippen molar-refractivity contribution in [2.45, 2.75) is 27.2 Å². The van der Waals surface area contributed by atoms with Crippen LogP contribution < -0.4 is 16.4 Å². The van der Waals surface area contributed by atoms with E-state index in [9.17, 15) is 0 Å². The van der Waals surface area contributed by atoms with Crippen molar-refractivity contribution in [1.82, 2.24) is 9.97 Å². The van der Waals surface area contributed by atoms with Gasteiger partial charge in [-0.1, -0.05) is 13.8 Å². The predicted molar refractivity (Wildman–Crippen MR) is 74.6 cm³/mol. The number of nitrogens with one attached hydrogen (secondary N) is 2. The molecule has 0 saturated heterocycles. The lowest BCUT2D eigenvalue weighted by molar-refractivity contribution is 0.220. The first-order valence-electron chi connectivity index (χ1n) is 6.20. The summed E-state index contributed by atoms with van der Waals surface area (Å²) in [6.07, 6.45) is 0.737. The molecule has 0 spiro atoms. The van der Waals surface area contributed by atoms with Crippen LogP contribution in [0.1, 0.15) is 27.2 Å². The van der Waals surface area contributed by atoms with Crippen LogP contribution in [0, 0.1) is 5.41 Å². The van der Waals surface area contributed by atoms with Crippen LogP contribution in [0.4, 0.5) is 17.6 Å². The van der Waals surface area contributed by atoms with Crippen LogP contribution in [0.25, 0.3) is 0 Å². The Hall–Kier alpha value is -1.56. The Morgan fingerprint density at radius 3 is 2.44 bits per heavy atom. The molecule has 5 N–H and O–H groups in total. The average Bonchev–Trinajstić information content (AvgIpc) is 2.26. The Kier molecular flexibility index (Phi) is 5.15. The topological polar surface area (TPSA) is 96.1 Å². The van der Waals surface area contributed by atoms with Gasteiger partial charge in [-0.05, 0) is 18.8 Å². The van der Waals surface area contributed by atoms with Gasteiger partial charge in [0.15, 0.2) is 0 Å². The molecule has 0 amide bonds. The van der Waals surface area contributed by atoms with Crippen molar-refractivity contribution < 1.29 is 5.11 Å². The van der Waals surface area contributed by atoms with E-state index in [0.29, 0.717) is 11.6 Å². The fraction of sp³-hybridized carbons (Fsp3) is 0.667. The summed E-state index contributed by atoms with van der Waals surface area (Å²) in [4.78, 5) is 8.21. The Morgan fingerprint density at radius 1 is 1.28 bits per heavy atom. The number of anilines is 3. The van der Waals surface area contributed by atoms with Crippen molar-refractivity contribution in [3.8, 4) is 0 Å². The van der Waals surface area contributed by atoms with E-state index in [2.05, 4.69) is 34.4 Å². The SMILES string of the molecule is CCNc1cc(NCC(C)(C)CCO)nc(N)n1. The minimum Gasteiger partial charge on any atom is -0.396 e. The number of rotatable bonds is 7. The van der Waals surface area contributed by atoms with E-state index >= 15 is 0 Å². The molecule has 0 fully saturated rings. The molecule has 102 valence electrons. The van der Waals surface area contributed by atoms with Gasteiger partial charge in [-0.25, -0.2) is 0 Å². The van der Waals surface area contributed by atoms with Crippen LogP contribution in [0.5, 0.6) is 0 Å². The summed E-state index contributed by atoms with van der Waals surface area (Å²) in [5.41, 5.74) is 5.65. The summed E-state index contributed by atoms with van der Waals surface area (Å²) in [5.74, 6) is 1.66. The number of hydrogen-bond donors (Lipinski definition) is 4. The molecule has 0 aliphatic rings. The summed E-state index contributed by atoms with van der Waals surface area (Å²) < 4.78 is 0. The summed E-state index contributed by atoms with van der Waals surface area (Å²) >= 11 is 0. The second kappa shape index (κ2) is 6.39. The zero-order valence-electron chi connectivity index (χ0n) is 11.3. The number of aromatic nitrogens is 2. The Labute approximate surface area is 108 Å². The first-order chi connectivity index (χ1) is 8.46. The van der Waals surface area contributed by atoms with E-state index in [1.807, 2.05) is 13.0 Å². The Morgan fingerprint density at radius 2 is 1.89 bits per heavy atom.